The second kappa shape index (κ2) is 9.77. The van der Waals surface area contributed by atoms with Crippen molar-refractivity contribution in [2.75, 3.05) is 0 Å². The molecular formula is C25H33BN2. The van der Waals surface area contributed by atoms with Crippen molar-refractivity contribution in [2.45, 2.75) is 64.6 Å². The maximum absolute atomic E-state index is 4.36. The van der Waals surface area contributed by atoms with Crippen LogP contribution < -0.4 is 5.72 Å². The standard InChI is InChI=1S/C25H33BN2/c1-18(2)20-8-5-10-22(16-20)24(12-7-13-26-25-27-14-15-28-25)23-11-6-9-21(17-23)19(3)4/h5-6,8-11,14-19,24,26H,7,12-13H2,1-4H3,(H,27,28). The van der Waals surface area contributed by atoms with Gasteiger partial charge >= 0.3 is 0 Å². The third kappa shape index (κ3) is 5.37. The van der Waals surface area contributed by atoms with Gasteiger partial charge in [-0.2, -0.15) is 0 Å². The van der Waals surface area contributed by atoms with Crippen molar-refractivity contribution in [3.63, 3.8) is 0 Å². The Morgan fingerprint density at radius 3 is 1.93 bits per heavy atom. The third-order valence-corrected chi connectivity index (χ3v) is 5.67. The van der Waals surface area contributed by atoms with E-state index in [1.54, 1.807) is 0 Å². The maximum atomic E-state index is 4.36. The van der Waals surface area contributed by atoms with Gasteiger partial charge in [-0.15, -0.1) is 0 Å². The maximum Gasteiger partial charge on any atom is 0.204 e. The van der Waals surface area contributed by atoms with E-state index in [2.05, 4.69) is 86.2 Å². The highest BCUT2D eigenvalue weighted by molar-refractivity contribution is 6.51. The molecule has 0 aliphatic carbocycles. The lowest BCUT2D eigenvalue weighted by atomic mass is 9.71. The Labute approximate surface area is 171 Å². The first-order chi connectivity index (χ1) is 13.5. The predicted molar refractivity (Wildman–Crippen MR) is 122 cm³/mol. The molecule has 0 radical (unpaired) electrons. The molecule has 0 fully saturated rings. The Bertz CT molecular complexity index is 801. The molecule has 1 heterocycles. The fourth-order valence-electron chi connectivity index (χ4n) is 3.87. The van der Waals surface area contributed by atoms with Gasteiger partial charge in [0.1, 0.15) is 0 Å². The van der Waals surface area contributed by atoms with Crippen LogP contribution in [0.15, 0.2) is 60.9 Å². The van der Waals surface area contributed by atoms with Crippen LogP contribution in [-0.4, -0.2) is 17.2 Å². The van der Waals surface area contributed by atoms with Crippen molar-refractivity contribution in [2.24, 2.45) is 0 Å². The largest absolute Gasteiger partial charge is 0.357 e. The zero-order valence-corrected chi connectivity index (χ0v) is 17.8. The van der Waals surface area contributed by atoms with Crippen LogP contribution in [0.1, 0.15) is 80.5 Å². The van der Waals surface area contributed by atoms with Crippen LogP contribution in [0.4, 0.5) is 0 Å². The number of imidazole rings is 1. The lowest BCUT2D eigenvalue weighted by Gasteiger charge is -2.21. The smallest absolute Gasteiger partial charge is 0.204 e. The minimum Gasteiger partial charge on any atom is -0.357 e. The summed E-state index contributed by atoms with van der Waals surface area (Å²) in [7, 11) is 1.03. The minimum atomic E-state index is 0.453. The Balaban J connectivity index is 1.81. The highest BCUT2D eigenvalue weighted by Crippen LogP contribution is 2.33. The molecule has 146 valence electrons. The van der Waals surface area contributed by atoms with Gasteiger partial charge < -0.3 is 4.98 Å². The molecule has 0 aliphatic heterocycles. The average Bonchev–Trinajstić information content (AvgIpc) is 3.21. The molecule has 28 heavy (non-hydrogen) atoms. The molecule has 0 saturated carbocycles. The van der Waals surface area contributed by atoms with Crippen molar-refractivity contribution < 1.29 is 0 Å². The molecule has 2 nitrogen and oxygen atoms in total. The van der Waals surface area contributed by atoms with Crippen molar-refractivity contribution in [1.29, 1.82) is 0 Å². The number of benzene rings is 2. The van der Waals surface area contributed by atoms with Gasteiger partial charge in [-0.1, -0.05) is 89.0 Å². The van der Waals surface area contributed by atoms with E-state index in [0.29, 0.717) is 17.8 Å². The summed E-state index contributed by atoms with van der Waals surface area (Å²) in [5, 5.41) is 0. The van der Waals surface area contributed by atoms with Crippen LogP contribution in [0.3, 0.4) is 0 Å². The summed E-state index contributed by atoms with van der Waals surface area (Å²) in [6, 6.07) is 18.4. The Kier molecular flexibility index (Phi) is 7.14. The number of rotatable bonds is 9. The molecule has 0 amide bonds. The van der Waals surface area contributed by atoms with E-state index in [9.17, 15) is 0 Å². The van der Waals surface area contributed by atoms with Crippen molar-refractivity contribution in [3.8, 4) is 0 Å². The number of hydrogen-bond acceptors (Lipinski definition) is 1. The molecular weight excluding hydrogens is 339 g/mol. The van der Waals surface area contributed by atoms with Gasteiger partial charge in [0.15, 0.2) is 0 Å². The fourth-order valence-corrected chi connectivity index (χ4v) is 3.87. The quantitative estimate of drug-likeness (QED) is 0.376. The summed E-state index contributed by atoms with van der Waals surface area (Å²) in [5.41, 5.74) is 6.85. The summed E-state index contributed by atoms with van der Waals surface area (Å²) in [6.07, 6.45) is 7.28. The van der Waals surface area contributed by atoms with E-state index in [1.165, 1.54) is 35.1 Å². The summed E-state index contributed by atoms with van der Waals surface area (Å²) in [5.74, 6) is 1.57. The van der Waals surface area contributed by atoms with E-state index in [0.717, 1.165) is 19.3 Å². The van der Waals surface area contributed by atoms with Gasteiger partial charge in [-0.25, -0.2) is 0 Å². The minimum absolute atomic E-state index is 0.453. The summed E-state index contributed by atoms with van der Waals surface area (Å²) >= 11 is 0. The monoisotopic (exact) mass is 372 g/mol. The lowest BCUT2D eigenvalue weighted by Crippen LogP contribution is -2.17. The lowest BCUT2D eigenvalue weighted by molar-refractivity contribution is 0.692. The molecule has 0 saturated heterocycles. The highest BCUT2D eigenvalue weighted by atomic mass is 14.9. The SMILES string of the molecule is CC(C)c1cccc(C(CCCBc2ncc[nH]2)c2cccc(C(C)C)c2)c1. The van der Waals surface area contributed by atoms with Crippen molar-refractivity contribution in [1.82, 2.24) is 9.97 Å². The van der Waals surface area contributed by atoms with E-state index in [4.69, 9.17) is 0 Å². The molecule has 2 aromatic carbocycles. The third-order valence-electron chi connectivity index (χ3n) is 5.67. The number of nitrogens with one attached hydrogen (secondary N) is 1. The molecule has 1 aromatic heterocycles. The first-order valence-corrected chi connectivity index (χ1v) is 10.7. The zero-order chi connectivity index (χ0) is 19.9. The van der Waals surface area contributed by atoms with Crippen LogP contribution in [0.2, 0.25) is 6.32 Å². The second-order valence-electron chi connectivity index (χ2n) is 8.48. The summed E-state index contributed by atoms with van der Waals surface area (Å²) < 4.78 is 0. The molecule has 0 atom stereocenters. The van der Waals surface area contributed by atoms with Gasteiger partial charge in [-0.3, -0.25) is 4.98 Å². The van der Waals surface area contributed by atoms with Gasteiger partial charge in [0.25, 0.3) is 0 Å². The Morgan fingerprint density at radius 2 is 1.43 bits per heavy atom. The van der Waals surface area contributed by atoms with E-state index >= 15 is 0 Å². The number of aromatic amines is 1. The number of H-pyrrole nitrogens is 1. The Morgan fingerprint density at radius 1 is 0.857 bits per heavy atom. The molecule has 3 aromatic rings. The van der Waals surface area contributed by atoms with Crippen LogP contribution in [-0.2, 0) is 0 Å². The first-order valence-electron chi connectivity index (χ1n) is 10.7. The van der Waals surface area contributed by atoms with Crippen LogP contribution in [0.5, 0.6) is 0 Å². The van der Waals surface area contributed by atoms with E-state index < -0.39 is 0 Å². The highest BCUT2D eigenvalue weighted by Gasteiger charge is 2.16. The van der Waals surface area contributed by atoms with Gasteiger partial charge in [0.05, 0.1) is 5.72 Å². The molecule has 0 unspecified atom stereocenters. The number of nitrogens with zero attached hydrogens (tertiary/aromatic N) is 1. The molecule has 3 rings (SSSR count). The predicted octanol–water partition coefficient (Wildman–Crippen LogP) is 5.75. The Hall–Kier alpha value is -2.29. The van der Waals surface area contributed by atoms with Crippen molar-refractivity contribution in [3.05, 3.63) is 83.2 Å². The normalized spacial score (nSPS) is 11.5. The van der Waals surface area contributed by atoms with E-state index in [1.807, 2.05) is 12.4 Å². The van der Waals surface area contributed by atoms with Gasteiger partial charge in [-0.05, 0) is 40.5 Å². The second-order valence-corrected chi connectivity index (χ2v) is 8.48. The van der Waals surface area contributed by atoms with Crippen LogP contribution >= 0.6 is 0 Å². The van der Waals surface area contributed by atoms with Gasteiger partial charge in [0, 0.05) is 18.3 Å². The number of hydrogen-bond donors (Lipinski definition) is 1. The summed E-state index contributed by atoms with van der Waals surface area (Å²) in [6.45, 7) is 9.10. The van der Waals surface area contributed by atoms with E-state index in [-0.39, 0.29) is 0 Å². The molecule has 0 spiro atoms. The fraction of sp³-hybridized carbons (Fsp3) is 0.400. The average molecular weight is 372 g/mol. The number of aromatic nitrogens is 2. The van der Waals surface area contributed by atoms with Crippen LogP contribution in [0, 0.1) is 0 Å². The summed E-state index contributed by atoms with van der Waals surface area (Å²) in [4.78, 5) is 7.57. The first kappa shape index (κ1) is 20.4. The zero-order valence-electron chi connectivity index (χ0n) is 17.8. The molecule has 3 heteroatoms. The molecule has 0 bridgehead atoms. The van der Waals surface area contributed by atoms with Crippen molar-refractivity contribution >= 4 is 13.0 Å². The molecule has 0 aliphatic rings. The van der Waals surface area contributed by atoms with Crippen LogP contribution in [0.25, 0.3) is 0 Å². The molecule has 1 N–H and O–H groups in total. The topological polar surface area (TPSA) is 28.7 Å². The van der Waals surface area contributed by atoms with Gasteiger partial charge in [0.2, 0.25) is 7.28 Å².